The normalized spacial score (nSPS) is 21.4. The van der Waals surface area contributed by atoms with Gasteiger partial charge >= 0.3 is 6.09 Å². The third-order valence-corrected chi connectivity index (χ3v) is 5.41. The standard InChI is InChI=1S/C23H29FN2O2/c1-16-5-7-18(8-6-16)17(2)26-14-13-23(28-21(26)27,15-22(3,4)25)19-9-11-20(24)12-10-19/h5-12,17H,13-15,25H2,1-4H3/t17-,23-/m0/s1. The number of cyclic esters (lactones) is 1. The highest BCUT2D eigenvalue weighted by atomic mass is 19.1. The fourth-order valence-corrected chi connectivity index (χ4v) is 3.97. The van der Waals surface area contributed by atoms with Gasteiger partial charge in [0.2, 0.25) is 0 Å². The van der Waals surface area contributed by atoms with Gasteiger partial charge in [-0.1, -0.05) is 42.0 Å². The first-order valence-electron chi connectivity index (χ1n) is 9.71. The van der Waals surface area contributed by atoms with Crippen molar-refractivity contribution in [1.29, 1.82) is 0 Å². The minimum atomic E-state index is -0.855. The quantitative estimate of drug-likeness (QED) is 0.784. The van der Waals surface area contributed by atoms with Crippen LogP contribution in [0.4, 0.5) is 9.18 Å². The highest BCUT2D eigenvalue weighted by molar-refractivity contribution is 5.70. The molecule has 1 amide bonds. The van der Waals surface area contributed by atoms with E-state index in [-0.39, 0.29) is 18.0 Å². The fraction of sp³-hybridized carbons (Fsp3) is 0.435. The molecule has 0 aromatic heterocycles. The number of hydrogen-bond acceptors (Lipinski definition) is 3. The number of ether oxygens (including phenoxy) is 1. The second-order valence-corrected chi connectivity index (χ2v) is 8.56. The van der Waals surface area contributed by atoms with E-state index in [9.17, 15) is 9.18 Å². The molecule has 2 N–H and O–H groups in total. The lowest BCUT2D eigenvalue weighted by Crippen LogP contribution is -2.52. The maximum Gasteiger partial charge on any atom is 0.411 e. The van der Waals surface area contributed by atoms with Gasteiger partial charge in [-0.25, -0.2) is 9.18 Å². The Morgan fingerprint density at radius 1 is 1.18 bits per heavy atom. The van der Waals surface area contributed by atoms with Crippen molar-refractivity contribution in [1.82, 2.24) is 4.90 Å². The second kappa shape index (κ2) is 7.55. The lowest BCUT2D eigenvalue weighted by Gasteiger charge is -2.45. The minimum Gasteiger partial charge on any atom is -0.438 e. The van der Waals surface area contributed by atoms with Crippen molar-refractivity contribution >= 4 is 6.09 Å². The van der Waals surface area contributed by atoms with Crippen LogP contribution in [0.15, 0.2) is 48.5 Å². The highest BCUT2D eigenvalue weighted by Crippen LogP contribution is 2.41. The molecule has 2 atom stereocenters. The van der Waals surface area contributed by atoms with Crippen LogP contribution < -0.4 is 5.73 Å². The Balaban J connectivity index is 1.87. The molecule has 0 aliphatic carbocycles. The van der Waals surface area contributed by atoms with Gasteiger partial charge in [0.15, 0.2) is 0 Å². The molecule has 1 heterocycles. The first kappa shape index (κ1) is 20.3. The van der Waals surface area contributed by atoms with E-state index in [0.717, 1.165) is 11.1 Å². The first-order valence-corrected chi connectivity index (χ1v) is 9.71. The molecule has 0 saturated carbocycles. The predicted molar refractivity (Wildman–Crippen MR) is 108 cm³/mol. The van der Waals surface area contributed by atoms with Crippen molar-refractivity contribution in [2.24, 2.45) is 5.73 Å². The molecule has 1 fully saturated rings. The zero-order valence-corrected chi connectivity index (χ0v) is 17.0. The fourth-order valence-electron chi connectivity index (χ4n) is 3.97. The van der Waals surface area contributed by atoms with E-state index in [1.54, 1.807) is 17.0 Å². The molecule has 0 radical (unpaired) electrons. The van der Waals surface area contributed by atoms with E-state index in [1.807, 2.05) is 52.0 Å². The molecule has 2 aromatic rings. The summed E-state index contributed by atoms with van der Waals surface area (Å²) in [6, 6.07) is 14.2. The average Bonchev–Trinajstić information content (AvgIpc) is 2.61. The van der Waals surface area contributed by atoms with Crippen LogP contribution in [-0.4, -0.2) is 23.1 Å². The average molecular weight is 384 g/mol. The summed E-state index contributed by atoms with van der Waals surface area (Å²) in [5.41, 5.74) is 7.91. The van der Waals surface area contributed by atoms with Crippen LogP contribution in [0.3, 0.4) is 0 Å². The Morgan fingerprint density at radius 3 is 2.32 bits per heavy atom. The summed E-state index contributed by atoms with van der Waals surface area (Å²) < 4.78 is 19.5. The third-order valence-electron chi connectivity index (χ3n) is 5.41. The second-order valence-electron chi connectivity index (χ2n) is 8.56. The molecule has 3 rings (SSSR count). The lowest BCUT2D eigenvalue weighted by atomic mass is 9.79. The molecule has 0 bridgehead atoms. The van der Waals surface area contributed by atoms with Gasteiger partial charge in [0.25, 0.3) is 0 Å². The summed E-state index contributed by atoms with van der Waals surface area (Å²) in [6.45, 7) is 8.40. The van der Waals surface area contributed by atoms with Crippen molar-refractivity contribution in [3.63, 3.8) is 0 Å². The number of rotatable bonds is 5. The van der Waals surface area contributed by atoms with Crippen LogP contribution in [0.1, 0.15) is 56.3 Å². The van der Waals surface area contributed by atoms with Gasteiger partial charge in [-0.3, -0.25) is 0 Å². The molecule has 1 aliphatic rings. The Labute approximate surface area is 166 Å². The van der Waals surface area contributed by atoms with Crippen LogP contribution in [0, 0.1) is 12.7 Å². The smallest absolute Gasteiger partial charge is 0.411 e. The Kier molecular flexibility index (Phi) is 5.48. The number of hydrogen-bond donors (Lipinski definition) is 1. The summed E-state index contributed by atoms with van der Waals surface area (Å²) in [7, 11) is 0. The zero-order valence-electron chi connectivity index (χ0n) is 17.0. The number of nitrogens with two attached hydrogens (primary N) is 1. The SMILES string of the molecule is Cc1ccc([C@H](C)N2CC[C@](CC(C)(C)N)(c3ccc(F)cc3)OC2=O)cc1. The van der Waals surface area contributed by atoms with Crippen molar-refractivity contribution < 1.29 is 13.9 Å². The molecule has 5 heteroatoms. The molecule has 0 unspecified atom stereocenters. The molecule has 1 saturated heterocycles. The maximum atomic E-state index is 13.4. The van der Waals surface area contributed by atoms with Crippen LogP contribution in [0.5, 0.6) is 0 Å². The summed E-state index contributed by atoms with van der Waals surface area (Å²) in [5.74, 6) is -0.317. The topological polar surface area (TPSA) is 55.6 Å². The number of amides is 1. The summed E-state index contributed by atoms with van der Waals surface area (Å²) >= 11 is 0. The number of nitrogens with zero attached hydrogens (tertiary/aromatic N) is 1. The highest BCUT2D eigenvalue weighted by Gasteiger charge is 2.45. The van der Waals surface area contributed by atoms with E-state index in [1.165, 1.54) is 17.7 Å². The van der Waals surface area contributed by atoms with Gasteiger partial charge in [-0.05, 0) is 51.0 Å². The summed E-state index contributed by atoms with van der Waals surface area (Å²) in [4.78, 5) is 14.8. The molecule has 150 valence electrons. The van der Waals surface area contributed by atoms with E-state index in [0.29, 0.717) is 19.4 Å². The molecule has 0 spiro atoms. The molecule has 4 nitrogen and oxygen atoms in total. The van der Waals surface area contributed by atoms with Crippen molar-refractivity contribution in [3.8, 4) is 0 Å². The van der Waals surface area contributed by atoms with Crippen molar-refractivity contribution in [3.05, 3.63) is 71.0 Å². The maximum absolute atomic E-state index is 13.4. The molecule has 28 heavy (non-hydrogen) atoms. The van der Waals surface area contributed by atoms with Crippen LogP contribution in [0.25, 0.3) is 0 Å². The summed E-state index contributed by atoms with van der Waals surface area (Å²) in [5, 5.41) is 0. The van der Waals surface area contributed by atoms with E-state index >= 15 is 0 Å². The van der Waals surface area contributed by atoms with Crippen molar-refractivity contribution in [2.75, 3.05) is 6.54 Å². The van der Waals surface area contributed by atoms with Gasteiger partial charge in [0, 0.05) is 24.9 Å². The monoisotopic (exact) mass is 384 g/mol. The Morgan fingerprint density at radius 2 is 1.79 bits per heavy atom. The molecule has 2 aromatic carbocycles. The number of carbonyl (C=O) groups is 1. The van der Waals surface area contributed by atoms with Crippen LogP contribution >= 0.6 is 0 Å². The molecular weight excluding hydrogens is 355 g/mol. The number of carbonyl (C=O) groups excluding carboxylic acids is 1. The largest absolute Gasteiger partial charge is 0.438 e. The van der Waals surface area contributed by atoms with E-state index in [2.05, 4.69) is 0 Å². The molecular formula is C23H29FN2O2. The minimum absolute atomic E-state index is 0.0924. The van der Waals surface area contributed by atoms with Gasteiger partial charge in [-0.2, -0.15) is 0 Å². The van der Waals surface area contributed by atoms with Crippen molar-refractivity contribution in [2.45, 2.75) is 57.7 Å². The molecule has 1 aliphatic heterocycles. The summed E-state index contributed by atoms with van der Waals surface area (Å²) in [6.07, 6.45) is 0.693. The van der Waals surface area contributed by atoms with E-state index < -0.39 is 11.1 Å². The van der Waals surface area contributed by atoms with Gasteiger partial charge in [-0.15, -0.1) is 0 Å². The third kappa shape index (κ3) is 4.36. The van der Waals surface area contributed by atoms with Gasteiger partial charge < -0.3 is 15.4 Å². The van der Waals surface area contributed by atoms with Crippen LogP contribution in [-0.2, 0) is 10.3 Å². The zero-order chi connectivity index (χ0) is 20.5. The number of halogens is 1. The van der Waals surface area contributed by atoms with Gasteiger partial charge in [0.1, 0.15) is 11.4 Å². The van der Waals surface area contributed by atoms with Gasteiger partial charge in [0.05, 0.1) is 6.04 Å². The number of aryl methyl sites for hydroxylation is 1. The first-order chi connectivity index (χ1) is 13.1. The Hall–Kier alpha value is -2.40. The predicted octanol–water partition coefficient (Wildman–Crippen LogP) is 5.06. The van der Waals surface area contributed by atoms with Crippen LogP contribution in [0.2, 0.25) is 0 Å². The van der Waals surface area contributed by atoms with E-state index in [4.69, 9.17) is 10.5 Å². The number of benzene rings is 2. The lowest BCUT2D eigenvalue weighted by molar-refractivity contribution is -0.0739. The Bertz CT molecular complexity index is 827.